The lowest BCUT2D eigenvalue weighted by Gasteiger charge is -2.22. The van der Waals surface area contributed by atoms with E-state index in [4.69, 9.17) is 5.11 Å². The predicted molar refractivity (Wildman–Crippen MR) is 64.1 cm³/mol. The van der Waals surface area contributed by atoms with Gasteiger partial charge in [-0.25, -0.2) is 0 Å². The molecule has 1 saturated carbocycles. The Morgan fingerprint density at radius 2 is 2.00 bits per heavy atom. The molecule has 1 aliphatic carbocycles. The second kappa shape index (κ2) is 6.21. The normalized spacial score (nSPS) is 17.7. The molecule has 1 rings (SSSR count). The first-order valence-electron chi connectivity index (χ1n) is 6.14. The SMILES string of the molecule is CC(C)(CO)CNCC(=O)NC1CCCC1. The Morgan fingerprint density at radius 3 is 2.56 bits per heavy atom. The molecule has 0 radical (unpaired) electrons. The first-order valence-corrected chi connectivity index (χ1v) is 6.14. The monoisotopic (exact) mass is 228 g/mol. The van der Waals surface area contributed by atoms with Gasteiger partial charge in [0.1, 0.15) is 0 Å². The number of carbonyl (C=O) groups is 1. The number of amides is 1. The van der Waals surface area contributed by atoms with Gasteiger partial charge < -0.3 is 15.7 Å². The quantitative estimate of drug-likeness (QED) is 0.625. The zero-order chi connectivity index (χ0) is 12.0. The third-order valence-electron chi connectivity index (χ3n) is 3.04. The minimum absolute atomic E-state index is 0.0700. The summed E-state index contributed by atoms with van der Waals surface area (Å²) in [6.07, 6.45) is 4.70. The van der Waals surface area contributed by atoms with Crippen LogP contribution in [0, 0.1) is 5.41 Å². The molecule has 4 nitrogen and oxygen atoms in total. The van der Waals surface area contributed by atoms with Gasteiger partial charge in [-0.1, -0.05) is 26.7 Å². The molecular formula is C12H24N2O2. The highest BCUT2D eigenvalue weighted by Gasteiger charge is 2.18. The average Bonchev–Trinajstić information content (AvgIpc) is 2.70. The van der Waals surface area contributed by atoms with Crippen molar-refractivity contribution in [3.05, 3.63) is 0 Å². The van der Waals surface area contributed by atoms with Gasteiger partial charge in [0.15, 0.2) is 0 Å². The number of nitrogens with one attached hydrogen (secondary N) is 2. The fourth-order valence-electron chi connectivity index (χ4n) is 1.92. The van der Waals surface area contributed by atoms with Gasteiger partial charge in [0, 0.05) is 24.6 Å². The Balaban J connectivity index is 2.10. The average molecular weight is 228 g/mol. The maximum atomic E-state index is 11.5. The molecule has 3 N–H and O–H groups in total. The van der Waals surface area contributed by atoms with Gasteiger partial charge in [-0.15, -0.1) is 0 Å². The fourth-order valence-corrected chi connectivity index (χ4v) is 1.92. The molecule has 0 saturated heterocycles. The Labute approximate surface area is 97.8 Å². The summed E-state index contributed by atoms with van der Waals surface area (Å²) in [5.74, 6) is 0.0700. The van der Waals surface area contributed by atoms with E-state index in [-0.39, 0.29) is 17.9 Å². The first-order chi connectivity index (χ1) is 7.53. The number of rotatable bonds is 6. The van der Waals surface area contributed by atoms with Gasteiger partial charge in [-0.3, -0.25) is 4.79 Å². The first kappa shape index (κ1) is 13.5. The van der Waals surface area contributed by atoms with E-state index in [0.29, 0.717) is 19.1 Å². The topological polar surface area (TPSA) is 61.4 Å². The van der Waals surface area contributed by atoms with E-state index in [1.165, 1.54) is 12.8 Å². The molecule has 0 aliphatic heterocycles. The number of hydrogen-bond donors (Lipinski definition) is 3. The van der Waals surface area contributed by atoms with E-state index in [2.05, 4.69) is 10.6 Å². The molecule has 0 spiro atoms. The van der Waals surface area contributed by atoms with Crippen LogP contribution in [0.3, 0.4) is 0 Å². The standard InChI is InChI=1S/C12H24N2O2/c1-12(2,9-15)8-13-7-11(16)14-10-5-3-4-6-10/h10,13,15H,3-9H2,1-2H3,(H,14,16). The van der Waals surface area contributed by atoms with Gasteiger partial charge in [-0.2, -0.15) is 0 Å². The van der Waals surface area contributed by atoms with Gasteiger partial charge in [-0.05, 0) is 12.8 Å². The zero-order valence-electron chi connectivity index (χ0n) is 10.4. The molecule has 0 unspecified atom stereocenters. The van der Waals surface area contributed by atoms with Gasteiger partial charge in [0.25, 0.3) is 0 Å². The van der Waals surface area contributed by atoms with Crippen molar-refractivity contribution in [2.75, 3.05) is 19.7 Å². The van der Waals surface area contributed by atoms with Crippen LogP contribution in [-0.2, 0) is 4.79 Å². The van der Waals surface area contributed by atoms with Crippen molar-refractivity contribution in [3.63, 3.8) is 0 Å². The molecule has 0 heterocycles. The van der Waals surface area contributed by atoms with Crippen LogP contribution in [0.4, 0.5) is 0 Å². The van der Waals surface area contributed by atoms with Crippen molar-refractivity contribution < 1.29 is 9.90 Å². The van der Waals surface area contributed by atoms with E-state index in [9.17, 15) is 4.79 Å². The van der Waals surface area contributed by atoms with E-state index >= 15 is 0 Å². The summed E-state index contributed by atoms with van der Waals surface area (Å²) >= 11 is 0. The highest BCUT2D eigenvalue weighted by molar-refractivity contribution is 5.78. The lowest BCUT2D eigenvalue weighted by atomic mass is 9.95. The summed E-state index contributed by atoms with van der Waals surface area (Å²) in [6, 6.07) is 0.389. The minimum Gasteiger partial charge on any atom is -0.396 e. The Morgan fingerprint density at radius 1 is 1.38 bits per heavy atom. The molecule has 0 aromatic rings. The number of hydrogen-bond acceptors (Lipinski definition) is 3. The smallest absolute Gasteiger partial charge is 0.234 e. The maximum Gasteiger partial charge on any atom is 0.234 e. The molecule has 0 atom stereocenters. The lowest BCUT2D eigenvalue weighted by Crippen LogP contribution is -2.42. The van der Waals surface area contributed by atoms with Gasteiger partial charge in [0.05, 0.1) is 6.54 Å². The van der Waals surface area contributed by atoms with Crippen molar-refractivity contribution in [1.29, 1.82) is 0 Å². The number of aliphatic hydroxyl groups is 1. The summed E-state index contributed by atoms with van der Waals surface area (Å²) in [5, 5.41) is 15.1. The summed E-state index contributed by atoms with van der Waals surface area (Å²) in [4.78, 5) is 11.5. The maximum absolute atomic E-state index is 11.5. The van der Waals surface area contributed by atoms with Crippen molar-refractivity contribution >= 4 is 5.91 Å². The van der Waals surface area contributed by atoms with Gasteiger partial charge >= 0.3 is 0 Å². The molecule has 1 amide bonds. The van der Waals surface area contributed by atoms with E-state index in [1.807, 2.05) is 13.8 Å². The highest BCUT2D eigenvalue weighted by atomic mass is 16.3. The zero-order valence-corrected chi connectivity index (χ0v) is 10.4. The largest absolute Gasteiger partial charge is 0.396 e. The van der Waals surface area contributed by atoms with Crippen molar-refractivity contribution in [2.24, 2.45) is 5.41 Å². The third kappa shape index (κ3) is 4.94. The van der Waals surface area contributed by atoms with Crippen molar-refractivity contribution in [3.8, 4) is 0 Å². The third-order valence-corrected chi connectivity index (χ3v) is 3.04. The van der Waals surface area contributed by atoms with Crippen LogP contribution in [0.2, 0.25) is 0 Å². The Bertz CT molecular complexity index is 223. The molecule has 1 aliphatic rings. The van der Waals surface area contributed by atoms with E-state index < -0.39 is 0 Å². The van der Waals surface area contributed by atoms with Crippen LogP contribution in [0.25, 0.3) is 0 Å². The summed E-state index contributed by atoms with van der Waals surface area (Å²) < 4.78 is 0. The predicted octanol–water partition coefficient (Wildman–Crippen LogP) is 0.653. The minimum atomic E-state index is -0.159. The Hall–Kier alpha value is -0.610. The molecule has 94 valence electrons. The van der Waals surface area contributed by atoms with Crippen LogP contribution in [0.1, 0.15) is 39.5 Å². The molecule has 0 aromatic heterocycles. The second-order valence-electron chi connectivity index (χ2n) is 5.47. The molecular weight excluding hydrogens is 204 g/mol. The summed E-state index contributed by atoms with van der Waals surface area (Å²) in [5.41, 5.74) is -0.159. The molecule has 0 bridgehead atoms. The van der Waals surface area contributed by atoms with E-state index in [1.54, 1.807) is 0 Å². The Kier molecular flexibility index (Phi) is 5.22. The molecule has 4 heteroatoms. The fraction of sp³-hybridized carbons (Fsp3) is 0.917. The van der Waals surface area contributed by atoms with Gasteiger partial charge in [0.2, 0.25) is 5.91 Å². The molecule has 16 heavy (non-hydrogen) atoms. The lowest BCUT2D eigenvalue weighted by molar-refractivity contribution is -0.121. The van der Waals surface area contributed by atoms with Crippen LogP contribution in [0.5, 0.6) is 0 Å². The highest BCUT2D eigenvalue weighted by Crippen LogP contribution is 2.17. The summed E-state index contributed by atoms with van der Waals surface area (Å²) in [6.45, 7) is 5.06. The van der Waals surface area contributed by atoms with Crippen molar-refractivity contribution in [1.82, 2.24) is 10.6 Å². The van der Waals surface area contributed by atoms with Crippen LogP contribution >= 0.6 is 0 Å². The second-order valence-corrected chi connectivity index (χ2v) is 5.47. The number of aliphatic hydroxyl groups excluding tert-OH is 1. The van der Waals surface area contributed by atoms with Crippen molar-refractivity contribution in [2.45, 2.75) is 45.6 Å². The van der Waals surface area contributed by atoms with E-state index in [0.717, 1.165) is 12.8 Å². The van der Waals surface area contributed by atoms with Crippen LogP contribution in [0.15, 0.2) is 0 Å². The van der Waals surface area contributed by atoms with Crippen LogP contribution < -0.4 is 10.6 Å². The van der Waals surface area contributed by atoms with Crippen LogP contribution in [-0.4, -0.2) is 36.8 Å². The molecule has 0 aromatic carbocycles. The number of carbonyl (C=O) groups excluding carboxylic acids is 1. The molecule has 1 fully saturated rings. The summed E-state index contributed by atoms with van der Waals surface area (Å²) in [7, 11) is 0.